The van der Waals surface area contributed by atoms with Gasteiger partial charge in [0, 0.05) is 7.05 Å². The number of hydrogen-bond donors (Lipinski definition) is 2. The molecular weight excluding hydrogens is 325 g/mol. The van der Waals surface area contributed by atoms with Crippen molar-refractivity contribution in [2.24, 2.45) is 4.99 Å². The Morgan fingerprint density at radius 3 is 2.52 bits per heavy atom. The van der Waals surface area contributed by atoms with Crippen molar-refractivity contribution in [1.82, 2.24) is 10.6 Å². The fourth-order valence-electron chi connectivity index (χ4n) is 1.95. The number of ether oxygens (including phenoxy) is 2. The fraction of sp³-hybridized carbons (Fsp3) is 0.556. The van der Waals surface area contributed by atoms with Crippen molar-refractivity contribution >= 4 is 11.9 Å². The van der Waals surface area contributed by atoms with Crippen molar-refractivity contribution < 1.29 is 18.7 Å². The van der Waals surface area contributed by atoms with Gasteiger partial charge in [0.05, 0.1) is 6.54 Å². The summed E-state index contributed by atoms with van der Waals surface area (Å²) in [6.45, 7) is 7.79. The number of benzene rings is 1. The Balaban J connectivity index is 2.47. The van der Waals surface area contributed by atoms with E-state index in [0.717, 1.165) is 0 Å². The molecular formula is C18H28FN3O3. The highest BCUT2D eigenvalue weighted by Crippen LogP contribution is 2.17. The van der Waals surface area contributed by atoms with Crippen LogP contribution in [0.15, 0.2) is 29.3 Å². The molecule has 0 radical (unpaired) electrons. The van der Waals surface area contributed by atoms with E-state index in [1.165, 1.54) is 6.07 Å². The van der Waals surface area contributed by atoms with E-state index < -0.39 is 11.4 Å². The summed E-state index contributed by atoms with van der Waals surface area (Å²) in [6, 6.07) is 6.29. The van der Waals surface area contributed by atoms with E-state index in [9.17, 15) is 9.18 Å². The predicted octanol–water partition coefficient (Wildman–Crippen LogP) is 2.49. The van der Waals surface area contributed by atoms with Crippen LogP contribution in [0.4, 0.5) is 4.39 Å². The molecule has 1 unspecified atom stereocenters. The molecule has 0 saturated heterocycles. The van der Waals surface area contributed by atoms with Crippen LogP contribution >= 0.6 is 0 Å². The lowest BCUT2D eigenvalue weighted by atomic mass is 10.2. The number of para-hydroxylation sites is 1. The van der Waals surface area contributed by atoms with Gasteiger partial charge in [-0.2, -0.15) is 0 Å². The van der Waals surface area contributed by atoms with Gasteiger partial charge in [-0.3, -0.25) is 9.79 Å². The molecule has 0 amide bonds. The monoisotopic (exact) mass is 353 g/mol. The minimum atomic E-state index is -0.531. The Bertz CT molecular complexity index is 585. The van der Waals surface area contributed by atoms with E-state index in [0.29, 0.717) is 18.9 Å². The number of hydrogen-bond acceptors (Lipinski definition) is 4. The fourth-order valence-corrected chi connectivity index (χ4v) is 1.95. The van der Waals surface area contributed by atoms with Crippen molar-refractivity contribution in [3.05, 3.63) is 30.1 Å². The predicted molar refractivity (Wildman–Crippen MR) is 96.3 cm³/mol. The molecule has 6 nitrogen and oxygen atoms in total. The SMILES string of the molecule is CCC(CNC(=NC)NCC(=O)OC(C)(C)C)Oc1ccccc1F. The maximum atomic E-state index is 13.7. The summed E-state index contributed by atoms with van der Waals surface area (Å²) in [4.78, 5) is 15.8. The number of nitrogens with one attached hydrogen (secondary N) is 2. The van der Waals surface area contributed by atoms with E-state index in [-0.39, 0.29) is 24.4 Å². The molecule has 140 valence electrons. The zero-order chi connectivity index (χ0) is 18.9. The van der Waals surface area contributed by atoms with Gasteiger partial charge in [-0.1, -0.05) is 19.1 Å². The molecule has 0 heterocycles. The summed E-state index contributed by atoms with van der Waals surface area (Å²) in [5, 5.41) is 5.94. The van der Waals surface area contributed by atoms with Crippen molar-refractivity contribution in [2.75, 3.05) is 20.1 Å². The molecule has 0 aliphatic heterocycles. The first-order valence-corrected chi connectivity index (χ1v) is 8.32. The highest BCUT2D eigenvalue weighted by molar-refractivity contribution is 5.84. The number of guanidine groups is 1. The summed E-state index contributed by atoms with van der Waals surface area (Å²) < 4.78 is 24.6. The van der Waals surface area contributed by atoms with Crippen LogP contribution in [0.2, 0.25) is 0 Å². The van der Waals surface area contributed by atoms with E-state index in [1.54, 1.807) is 25.2 Å². The van der Waals surface area contributed by atoms with Gasteiger partial charge in [0.2, 0.25) is 0 Å². The molecule has 0 bridgehead atoms. The van der Waals surface area contributed by atoms with Gasteiger partial charge in [-0.05, 0) is 39.3 Å². The number of rotatable bonds is 7. The first-order chi connectivity index (χ1) is 11.7. The second-order valence-electron chi connectivity index (χ2n) is 6.47. The lowest BCUT2D eigenvalue weighted by molar-refractivity contribution is -0.153. The second-order valence-corrected chi connectivity index (χ2v) is 6.47. The zero-order valence-corrected chi connectivity index (χ0v) is 15.6. The third-order valence-electron chi connectivity index (χ3n) is 3.13. The first-order valence-electron chi connectivity index (χ1n) is 8.32. The smallest absolute Gasteiger partial charge is 0.325 e. The van der Waals surface area contributed by atoms with Crippen molar-refractivity contribution in [1.29, 1.82) is 0 Å². The molecule has 7 heteroatoms. The standard InChI is InChI=1S/C18H28FN3O3/c1-6-13(24-15-10-8-7-9-14(15)19)11-21-17(20-5)22-12-16(23)25-18(2,3)4/h7-10,13H,6,11-12H2,1-5H3,(H2,20,21,22). The van der Waals surface area contributed by atoms with Crippen LogP contribution in [-0.4, -0.2) is 43.8 Å². The molecule has 25 heavy (non-hydrogen) atoms. The molecule has 1 aromatic rings. The highest BCUT2D eigenvalue weighted by atomic mass is 19.1. The molecule has 0 aliphatic carbocycles. The third-order valence-corrected chi connectivity index (χ3v) is 3.13. The van der Waals surface area contributed by atoms with Crippen LogP contribution in [0.25, 0.3) is 0 Å². The number of carbonyl (C=O) groups is 1. The Morgan fingerprint density at radius 1 is 1.28 bits per heavy atom. The number of halogens is 1. The molecule has 1 atom stereocenters. The topological polar surface area (TPSA) is 72.0 Å². The summed E-state index contributed by atoms with van der Waals surface area (Å²) in [5.74, 6) is -0.104. The van der Waals surface area contributed by atoms with Gasteiger partial charge >= 0.3 is 5.97 Å². The molecule has 0 aromatic heterocycles. The van der Waals surface area contributed by atoms with Gasteiger partial charge in [0.15, 0.2) is 17.5 Å². The molecule has 0 saturated carbocycles. The molecule has 2 N–H and O–H groups in total. The molecule has 0 spiro atoms. The highest BCUT2D eigenvalue weighted by Gasteiger charge is 2.17. The minimum absolute atomic E-state index is 0.00189. The average Bonchev–Trinajstić information content (AvgIpc) is 2.53. The molecule has 1 rings (SSSR count). The van der Waals surface area contributed by atoms with Crippen molar-refractivity contribution in [3.8, 4) is 5.75 Å². The van der Waals surface area contributed by atoms with Gasteiger partial charge in [0.25, 0.3) is 0 Å². The van der Waals surface area contributed by atoms with E-state index >= 15 is 0 Å². The summed E-state index contributed by atoms with van der Waals surface area (Å²) in [5.41, 5.74) is -0.531. The van der Waals surface area contributed by atoms with Crippen LogP contribution in [0, 0.1) is 5.82 Å². The first kappa shape index (κ1) is 20.7. The lowest BCUT2D eigenvalue weighted by Gasteiger charge is -2.21. The second kappa shape index (κ2) is 9.86. The van der Waals surface area contributed by atoms with E-state index in [1.807, 2.05) is 27.7 Å². The quantitative estimate of drug-likeness (QED) is 0.448. The number of aliphatic imine (C=N–C) groups is 1. The maximum absolute atomic E-state index is 13.7. The Morgan fingerprint density at radius 2 is 1.96 bits per heavy atom. The summed E-state index contributed by atoms with van der Waals surface area (Å²) in [6.07, 6.45) is 0.446. The molecule has 1 aromatic carbocycles. The Labute approximate surface area is 148 Å². The van der Waals surface area contributed by atoms with Crippen LogP contribution in [-0.2, 0) is 9.53 Å². The summed E-state index contributed by atoms with van der Waals surface area (Å²) >= 11 is 0. The van der Waals surface area contributed by atoms with Crippen LogP contribution in [0.3, 0.4) is 0 Å². The largest absolute Gasteiger partial charge is 0.486 e. The van der Waals surface area contributed by atoms with Crippen LogP contribution in [0.1, 0.15) is 34.1 Å². The Kier molecular flexibility index (Phi) is 8.18. The molecule has 0 fully saturated rings. The van der Waals surface area contributed by atoms with E-state index in [4.69, 9.17) is 9.47 Å². The number of nitrogens with zero attached hydrogens (tertiary/aromatic N) is 1. The van der Waals surface area contributed by atoms with Gasteiger partial charge in [-0.25, -0.2) is 4.39 Å². The Hall–Kier alpha value is -2.31. The van der Waals surface area contributed by atoms with E-state index in [2.05, 4.69) is 15.6 Å². The normalized spacial score (nSPS) is 13.1. The number of esters is 1. The van der Waals surface area contributed by atoms with Gasteiger partial charge < -0.3 is 20.1 Å². The van der Waals surface area contributed by atoms with Crippen molar-refractivity contribution in [3.63, 3.8) is 0 Å². The molecule has 0 aliphatic rings. The van der Waals surface area contributed by atoms with Gasteiger partial charge in [0.1, 0.15) is 18.2 Å². The number of carbonyl (C=O) groups excluding carboxylic acids is 1. The minimum Gasteiger partial charge on any atom is -0.486 e. The van der Waals surface area contributed by atoms with Crippen LogP contribution < -0.4 is 15.4 Å². The van der Waals surface area contributed by atoms with Gasteiger partial charge in [-0.15, -0.1) is 0 Å². The third kappa shape index (κ3) is 8.37. The summed E-state index contributed by atoms with van der Waals surface area (Å²) in [7, 11) is 1.60. The van der Waals surface area contributed by atoms with Crippen LogP contribution in [0.5, 0.6) is 5.75 Å². The lowest BCUT2D eigenvalue weighted by Crippen LogP contribution is -2.45. The maximum Gasteiger partial charge on any atom is 0.325 e. The average molecular weight is 353 g/mol. The zero-order valence-electron chi connectivity index (χ0n) is 15.6. The van der Waals surface area contributed by atoms with Crippen molar-refractivity contribution in [2.45, 2.75) is 45.8 Å².